The number of fused-ring (bicyclic) bond motifs is 1. The van der Waals surface area contributed by atoms with Gasteiger partial charge in [0, 0.05) is 18.1 Å². The third kappa shape index (κ3) is 2.16. The van der Waals surface area contributed by atoms with E-state index in [0.29, 0.717) is 18.7 Å². The van der Waals surface area contributed by atoms with Crippen LogP contribution in [0.3, 0.4) is 0 Å². The molecule has 1 aromatic carbocycles. The number of aromatic nitrogens is 1. The summed E-state index contributed by atoms with van der Waals surface area (Å²) in [6.45, 7) is 4.61. The average Bonchev–Trinajstić information content (AvgIpc) is 2.61. The number of hydrogen-bond acceptors (Lipinski definition) is 1. The minimum Gasteiger partial charge on any atom is -0.340 e. The first-order chi connectivity index (χ1) is 7.70. The van der Waals surface area contributed by atoms with Crippen molar-refractivity contribution in [3.8, 4) is 0 Å². The highest BCUT2D eigenvalue weighted by Crippen LogP contribution is 2.17. The summed E-state index contributed by atoms with van der Waals surface area (Å²) in [6.07, 6.45) is 3.60. The van der Waals surface area contributed by atoms with Crippen molar-refractivity contribution in [3.05, 3.63) is 36.0 Å². The molecule has 1 aromatic heterocycles. The molecule has 0 aliphatic carbocycles. The average molecular weight is 215 g/mol. The molecule has 0 spiro atoms. The maximum Gasteiger partial charge on any atom is 0.152 e. The highest BCUT2D eigenvalue weighted by Gasteiger charge is 2.05. The molecule has 0 saturated heterocycles. The first kappa shape index (κ1) is 10.9. The first-order valence-electron chi connectivity index (χ1n) is 5.78. The van der Waals surface area contributed by atoms with E-state index < -0.39 is 0 Å². The molecule has 2 heteroatoms. The van der Waals surface area contributed by atoms with E-state index in [1.807, 2.05) is 17.7 Å². The molecule has 0 fully saturated rings. The third-order valence-corrected chi connectivity index (χ3v) is 2.80. The molecule has 0 amide bonds. The van der Waals surface area contributed by atoms with Crippen molar-refractivity contribution in [2.45, 2.75) is 33.2 Å². The smallest absolute Gasteiger partial charge is 0.152 e. The van der Waals surface area contributed by atoms with Crippen LogP contribution in [-0.4, -0.2) is 10.4 Å². The van der Waals surface area contributed by atoms with Gasteiger partial charge in [-0.15, -0.1) is 0 Å². The van der Waals surface area contributed by atoms with Crippen LogP contribution < -0.4 is 0 Å². The van der Waals surface area contributed by atoms with Crippen molar-refractivity contribution in [1.29, 1.82) is 0 Å². The lowest BCUT2D eigenvalue weighted by molar-refractivity contribution is -0.119. The normalized spacial score (nSPS) is 10.9. The highest BCUT2D eigenvalue weighted by molar-refractivity contribution is 5.84. The standard InChI is InChI=1S/C14H17NO/c1-3-4-13(16)10-15-8-7-12-6-5-11(2)9-14(12)15/h5-9H,3-4,10H2,1-2H3. The molecule has 16 heavy (non-hydrogen) atoms. The molecule has 0 aliphatic heterocycles. The first-order valence-corrected chi connectivity index (χ1v) is 5.78. The number of carbonyl (C=O) groups excluding carboxylic acids is 1. The summed E-state index contributed by atoms with van der Waals surface area (Å²) in [4.78, 5) is 11.6. The van der Waals surface area contributed by atoms with Gasteiger partial charge in [-0.3, -0.25) is 4.79 Å². The van der Waals surface area contributed by atoms with Crippen LogP contribution in [0.25, 0.3) is 10.9 Å². The van der Waals surface area contributed by atoms with Gasteiger partial charge in [-0.05, 0) is 36.4 Å². The molecular formula is C14H17NO. The number of aryl methyl sites for hydroxylation is 1. The molecule has 2 nitrogen and oxygen atoms in total. The summed E-state index contributed by atoms with van der Waals surface area (Å²) < 4.78 is 2.04. The Labute approximate surface area is 95.9 Å². The largest absolute Gasteiger partial charge is 0.340 e. The van der Waals surface area contributed by atoms with E-state index in [4.69, 9.17) is 0 Å². The second-order valence-electron chi connectivity index (χ2n) is 4.29. The molecule has 0 aliphatic rings. The van der Waals surface area contributed by atoms with Gasteiger partial charge >= 0.3 is 0 Å². The second kappa shape index (κ2) is 4.52. The number of nitrogens with zero attached hydrogens (tertiary/aromatic N) is 1. The Bertz CT molecular complexity index is 510. The van der Waals surface area contributed by atoms with Crippen LogP contribution in [0, 0.1) is 6.92 Å². The van der Waals surface area contributed by atoms with E-state index in [9.17, 15) is 4.79 Å². The number of benzene rings is 1. The minimum atomic E-state index is 0.307. The highest BCUT2D eigenvalue weighted by atomic mass is 16.1. The molecule has 1 heterocycles. The van der Waals surface area contributed by atoms with Crippen molar-refractivity contribution >= 4 is 16.7 Å². The summed E-state index contributed by atoms with van der Waals surface area (Å²) in [5.74, 6) is 0.307. The summed E-state index contributed by atoms with van der Waals surface area (Å²) in [7, 11) is 0. The minimum absolute atomic E-state index is 0.307. The van der Waals surface area contributed by atoms with E-state index in [-0.39, 0.29) is 0 Å². The molecule has 0 bridgehead atoms. The van der Waals surface area contributed by atoms with Crippen molar-refractivity contribution < 1.29 is 4.79 Å². The molecular weight excluding hydrogens is 198 g/mol. The maximum absolute atomic E-state index is 11.6. The van der Waals surface area contributed by atoms with Crippen LogP contribution in [0.1, 0.15) is 25.3 Å². The fourth-order valence-corrected chi connectivity index (χ4v) is 1.98. The molecule has 0 atom stereocenters. The summed E-state index contributed by atoms with van der Waals surface area (Å²) in [5.41, 5.74) is 2.39. The number of rotatable bonds is 4. The zero-order valence-corrected chi connectivity index (χ0v) is 9.86. The van der Waals surface area contributed by atoms with Crippen LogP contribution >= 0.6 is 0 Å². The van der Waals surface area contributed by atoms with Crippen LogP contribution in [0.2, 0.25) is 0 Å². The second-order valence-corrected chi connectivity index (χ2v) is 4.29. The summed E-state index contributed by atoms with van der Waals surface area (Å²) in [5, 5.41) is 1.20. The van der Waals surface area contributed by atoms with E-state index >= 15 is 0 Å². The Kier molecular flexibility index (Phi) is 3.09. The number of ketones is 1. The predicted octanol–water partition coefficient (Wildman–Crippen LogP) is 3.32. The Balaban J connectivity index is 2.30. The zero-order valence-electron chi connectivity index (χ0n) is 9.86. The van der Waals surface area contributed by atoms with E-state index in [1.54, 1.807) is 0 Å². The van der Waals surface area contributed by atoms with Gasteiger partial charge in [-0.1, -0.05) is 19.1 Å². The topological polar surface area (TPSA) is 22.0 Å². The molecule has 0 saturated carbocycles. The van der Waals surface area contributed by atoms with Crippen LogP contribution in [0.4, 0.5) is 0 Å². The van der Waals surface area contributed by atoms with Gasteiger partial charge < -0.3 is 4.57 Å². The fraction of sp³-hybridized carbons (Fsp3) is 0.357. The lowest BCUT2D eigenvalue weighted by atomic mass is 10.2. The Morgan fingerprint density at radius 3 is 2.88 bits per heavy atom. The van der Waals surface area contributed by atoms with Crippen molar-refractivity contribution in [2.75, 3.05) is 0 Å². The van der Waals surface area contributed by atoms with Gasteiger partial charge in [0.1, 0.15) is 0 Å². The maximum atomic E-state index is 11.6. The lowest BCUT2D eigenvalue weighted by Crippen LogP contribution is -2.08. The number of Topliss-reactive ketones (excluding diaryl/α,β-unsaturated/α-hetero) is 1. The number of carbonyl (C=O) groups is 1. The van der Waals surface area contributed by atoms with E-state index in [2.05, 4.69) is 31.2 Å². The fourth-order valence-electron chi connectivity index (χ4n) is 1.98. The summed E-state index contributed by atoms with van der Waals surface area (Å²) in [6, 6.07) is 8.40. The van der Waals surface area contributed by atoms with E-state index in [0.717, 1.165) is 11.9 Å². The lowest BCUT2D eigenvalue weighted by Gasteiger charge is -2.04. The number of hydrogen-bond donors (Lipinski definition) is 0. The van der Waals surface area contributed by atoms with Crippen LogP contribution in [0.15, 0.2) is 30.5 Å². The summed E-state index contributed by atoms with van der Waals surface area (Å²) >= 11 is 0. The Morgan fingerprint density at radius 1 is 1.31 bits per heavy atom. The van der Waals surface area contributed by atoms with Gasteiger partial charge in [0.15, 0.2) is 5.78 Å². The molecule has 2 rings (SSSR count). The molecule has 84 valence electrons. The molecule has 0 N–H and O–H groups in total. The van der Waals surface area contributed by atoms with Gasteiger partial charge in [-0.25, -0.2) is 0 Å². The van der Waals surface area contributed by atoms with Crippen molar-refractivity contribution in [1.82, 2.24) is 4.57 Å². The predicted molar refractivity (Wildman–Crippen MR) is 66.6 cm³/mol. The molecule has 2 aromatic rings. The SMILES string of the molecule is CCCC(=O)Cn1ccc2ccc(C)cc21. The monoisotopic (exact) mass is 215 g/mol. The molecule has 0 unspecified atom stereocenters. The van der Waals surface area contributed by atoms with Crippen molar-refractivity contribution in [2.24, 2.45) is 0 Å². The van der Waals surface area contributed by atoms with Crippen LogP contribution in [0.5, 0.6) is 0 Å². The Hall–Kier alpha value is -1.57. The van der Waals surface area contributed by atoms with Crippen molar-refractivity contribution in [3.63, 3.8) is 0 Å². The van der Waals surface area contributed by atoms with Gasteiger partial charge in [-0.2, -0.15) is 0 Å². The Morgan fingerprint density at radius 2 is 2.12 bits per heavy atom. The van der Waals surface area contributed by atoms with E-state index in [1.165, 1.54) is 10.9 Å². The zero-order chi connectivity index (χ0) is 11.5. The molecule has 0 radical (unpaired) electrons. The van der Waals surface area contributed by atoms with Gasteiger partial charge in [0.2, 0.25) is 0 Å². The van der Waals surface area contributed by atoms with Gasteiger partial charge in [0.25, 0.3) is 0 Å². The third-order valence-electron chi connectivity index (χ3n) is 2.80. The van der Waals surface area contributed by atoms with Gasteiger partial charge in [0.05, 0.1) is 6.54 Å². The van der Waals surface area contributed by atoms with Crippen LogP contribution in [-0.2, 0) is 11.3 Å². The quantitative estimate of drug-likeness (QED) is 0.766.